The number of carbonyl (C=O) groups excluding carboxylic acids is 2. The van der Waals surface area contributed by atoms with Crippen LogP contribution in [0.15, 0.2) is 72.9 Å². The van der Waals surface area contributed by atoms with Crippen LogP contribution in [0.2, 0.25) is 0 Å². The molecule has 0 aromatic rings. The molecule has 1 atom stereocenters. The van der Waals surface area contributed by atoms with E-state index in [-0.39, 0.29) is 25.2 Å². The Kier molecular flexibility index (Phi) is 48.4. The fourth-order valence-corrected chi connectivity index (χ4v) is 6.90. The Hall–Kier alpha value is -2.66. The van der Waals surface area contributed by atoms with Crippen LogP contribution in [0.4, 0.5) is 0 Å². The van der Waals surface area contributed by atoms with Crippen molar-refractivity contribution in [3.05, 3.63) is 72.9 Å². The quantitative estimate of drug-likeness (QED) is 0.0347. The van der Waals surface area contributed by atoms with Gasteiger partial charge in [-0.3, -0.25) is 9.59 Å². The molecular formula is C55H96O5. The van der Waals surface area contributed by atoms with Crippen LogP contribution in [0.1, 0.15) is 239 Å². The molecule has 0 bridgehead atoms. The molecule has 0 fully saturated rings. The van der Waals surface area contributed by atoms with Gasteiger partial charge in [-0.2, -0.15) is 0 Å². The van der Waals surface area contributed by atoms with Crippen molar-refractivity contribution in [2.24, 2.45) is 0 Å². The Morgan fingerprint density at radius 1 is 0.383 bits per heavy atom. The summed E-state index contributed by atoms with van der Waals surface area (Å²) in [6, 6.07) is 0. The van der Waals surface area contributed by atoms with Gasteiger partial charge in [0.2, 0.25) is 0 Å². The molecule has 0 aliphatic carbocycles. The van der Waals surface area contributed by atoms with Crippen LogP contribution >= 0.6 is 0 Å². The monoisotopic (exact) mass is 837 g/mol. The summed E-state index contributed by atoms with van der Waals surface area (Å²) in [5, 5.41) is 0. The molecule has 5 nitrogen and oxygen atoms in total. The molecule has 0 radical (unpaired) electrons. The zero-order valence-corrected chi connectivity index (χ0v) is 39.7. The molecule has 0 aromatic carbocycles. The van der Waals surface area contributed by atoms with Gasteiger partial charge >= 0.3 is 11.9 Å². The number of rotatable bonds is 46. The van der Waals surface area contributed by atoms with Gasteiger partial charge in [0.05, 0.1) is 6.61 Å². The van der Waals surface area contributed by atoms with Crippen LogP contribution in [-0.4, -0.2) is 37.9 Å². The fraction of sp³-hybridized carbons (Fsp3) is 0.745. The highest BCUT2D eigenvalue weighted by molar-refractivity contribution is 5.70. The first-order chi connectivity index (χ1) is 29.6. The molecule has 1 unspecified atom stereocenters. The van der Waals surface area contributed by atoms with E-state index in [0.717, 1.165) is 89.9 Å². The van der Waals surface area contributed by atoms with Crippen molar-refractivity contribution < 1.29 is 23.8 Å². The summed E-state index contributed by atoms with van der Waals surface area (Å²) in [7, 11) is 0. The van der Waals surface area contributed by atoms with Crippen molar-refractivity contribution >= 4 is 11.9 Å². The zero-order valence-electron chi connectivity index (χ0n) is 39.7. The Morgan fingerprint density at radius 3 is 1.27 bits per heavy atom. The van der Waals surface area contributed by atoms with E-state index in [1.807, 2.05) is 0 Å². The number of allylic oxidation sites excluding steroid dienone is 12. The maximum absolute atomic E-state index is 12.8. The van der Waals surface area contributed by atoms with Gasteiger partial charge in [-0.05, 0) is 109 Å². The van der Waals surface area contributed by atoms with E-state index < -0.39 is 6.10 Å². The van der Waals surface area contributed by atoms with Crippen molar-refractivity contribution in [2.45, 2.75) is 245 Å². The maximum atomic E-state index is 12.8. The van der Waals surface area contributed by atoms with Crippen LogP contribution in [0.3, 0.4) is 0 Å². The zero-order chi connectivity index (χ0) is 43.5. The van der Waals surface area contributed by atoms with E-state index in [1.165, 1.54) is 116 Å². The molecule has 0 rings (SSSR count). The number of hydrogen-bond donors (Lipinski definition) is 0. The number of esters is 2. The summed E-state index contributed by atoms with van der Waals surface area (Å²) in [6.07, 6.45) is 64.8. The summed E-state index contributed by atoms with van der Waals surface area (Å²) >= 11 is 0. The maximum Gasteiger partial charge on any atom is 0.306 e. The molecule has 60 heavy (non-hydrogen) atoms. The van der Waals surface area contributed by atoms with Crippen LogP contribution in [0.25, 0.3) is 0 Å². The minimum atomic E-state index is -0.561. The third kappa shape index (κ3) is 48.0. The number of carbonyl (C=O) groups is 2. The first-order valence-electron chi connectivity index (χ1n) is 25.5. The summed E-state index contributed by atoms with van der Waals surface area (Å²) in [5.41, 5.74) is 0. The predicted molar refractivity (Wildman–Crippen MR) is 260 cm³/mol. The smallest absolute Gasteiger partial charge is 0.306 e. The van der Waals surface area contributed by atoms with Crippen LogP contribution in [0, 0.1) is 0 Å². The van der Waals surface area contributed by atoms with Crippen molar-refractivity contribution in [1.29, 1.82) is 0 Å². The van der Waals surface area contributed by atoms with Gasteiger partial charge in [-0.15, -0.1) is 0 Å². The molecule has 0 amide bonds. The van der Waals surface area contributed by atoms with E-state index in [2.05, 4.69) is 93.7 Å². The second-order valence-corrected chi connectivity index (χ2v) is 16.7. The minimum Gasteiger partial charge on any atom is -0.462 e. The first-order valence-corrected chi connectivity index (χ1v) is 25.5. The first kappa shape index (κ1) is 57.3. The second kappa shape index (κ2) is 50.7. The number of unbranched alkanes of at least 4 members (excludes halogenated alkanes) is 23. The molecule has 0 saturated heterocycles. The van der Waals surface area contributed by atoms with E-state index in [9.17, 15) is 9.59 Å². The third-order valence-corrected chi connectivity index (χ3v) is 10.7. The largest absolute Gasteiger partial charge is 0.462 e. The number of hydrogen-bond acceptors (Lipinski definition) is 5. The third-order valence-electron chi connectivity index (χ3n) is 10.7. The van der Waals surface area contributed by atoms with Gasteiger partial charge in [0, 0.05) is 19.4 Å². The van der Waals surface area contributed by atoms with Crippen molar-refractivity contribution in [3.8, 4) is 0 Å². The molecule has 0 aliphatic rings. The SMILES string of the molecule is CC/C=C\C/C=C\C/C=C\CCCCCC(=O)OC(COCCCCCCCC/C=C\CCCCCCCC)COC(=O)CCCCCCC/C=C\C/C=C\CCCCC. The fourth-order valence-electron chi connectivity index (χ4n) is 6.90. The Labute approximate surface area is 372 Å². The van der Waals surface area contributed by atoms with Crippen molar-refractivity contribution in [2.75, 3.05) is 19.8 Å². The normalized spacial score (nSPS) is 12.8. The Bertz CT molecular complexity index is 1080. The van der Waals surface area contributed by atoms with Crippen molar-refractivity contribution in [1.82, 2.24) is 0 Å². The lowest BCUT2D eigenvalue weighted by molar-refractivity contribution is -0.163. The molecule has 0 N–H and O–H groups in total. The summed E-state index contributed by atoms with van der Waals surface area (Å²) in [4.78, 5) is 25.3. The summed E-state index contributed by atoms with van der Waals surface area (Å²) in [5.74, 6) is -0.449. The van der Waals surface area contributed by atoms with E-state index in [1.54, 1.807) is 0 Å². The average molecular weight is 837 g/mol. The summed E-state index contributed by atoms with van der Waals surface area (Å²) < 4.78 is 17.4. The predicted octanol–water partition coefficient (Wildman–Crippen LogP) is 17.1. The molecular weight excluding hydrogens is 741 g/mol. The van der Waals surface area contributed by atoms with E-state index >= 15 is 0 Å². The molecule has 0 saturated carbocycles. The highest BCUT2D eigenvalue weighted by Gasteiger charge is 2.17. The van der Waals surface area contributed by atoms with Gasteiger partial charge in [0.1, 0.15) is 6.61 Å². The molecule has 0 spiro atoms. The molecule has 5 heteroatoms. The molecule has 0 heterocycles. The van der Waals surface area contributed by atoms with Gasteiger partial charge < -0.3 is 14.2 Å². The van der Waals surface area contributed by atoms with Crippen LogP contribution in [-0.2, 0) is 23.8 Å². The van der Waals surface area contributed by atoms with E-state index in [4.69, 9.17) is 14.2 Å². The van der Waals surface area contributed by atoms with Crippen LogP contribution in [0.5, 0.6) is 0 Å². The minimum absolute atomic E-state index is 0.0619. The van der Waals surface area contributed by atoms with Crippen molar-refractivity contribution in [3.63, 3.8) is 0 Å². The highest BCUT2D eigenvalue weighted by atomic mass is 16.6. The van der Waals surface area contributed by atoms with E-state index in [0.29, 0.717) is 19.4 Å². The highest BCUT2D eigenvalue weighted by Crippen LogP contribution is 2.13. The van der Waals surface area contributed by atoms with Gasteiger partial charge in [-0.1, -0.05) is 190 Å². The summed E-state index contributed by atoms with van der Waals surface area (Å²) in [6.45, 7) is 7.63. The Morgan fingerprint density at radius 2 is 0.750 bits per heavy atom. The lowest BCUT2D eigenvalue weighted by Gasteiger charge is -2.18. The number of ether oxygens (including phenoxy) is 3. The lowest BCUT2D eigenvalue weighted by atomic mass is 10.1. The standard InChI is InChI=1S/C55H96O5/c1-4-7-10-13-16-19-22-25-27-29-32-35-38-41-44-47-50-58-51-53(60-55(57)49-46-43-40-37-34-30-24-21-18-15-12-9-6-3)52-59-54(56)48-45-42-39-36-33-31-28-26-23-20-17-14-11-8-5-2/h9,12,17-18,20-21,25-28,30,34,53H,4-8,10-11,13-16,19,22-24,29,31-33,35-52H2,1-3H3/b12-9-,20-17-,21-18-,27-25-,28-26-,34-30-. The molecule has 346 valence electrons. The average Bonchev–Trinajstić information content (AvgIpc) is 3.25. The molecule has 0 aliphatic heterocycles. The second-order valence-electron chi connectivity index (χ2n) is 16.7. The topological polar surface area (TPSA) is 61.8 Å². The van der Waals surface area contributed by atoms with Gasteiger partial charge in [-0.25, -0.2) is 0 Å². The van der Waals surface area contributed by atoms with Crippen LogP contribution < -0.4 is 0 Å². The van der Waals surface area contributed by atoms with Gasteiger partial charge in [0.25, 0.3) is 0 Å². The lowest BCUT2D eigenvalue weighted by Crippen LogP contribution is -2.30. The van der Waals surface area contributed by atoms with Gasteiger partial charge in [0.15, 0.2) is 6.10 Å². The Balaban J connectivity index is 4.33. The molecule has 0 aromatic heterocycles.